The zero-order valence-electron chi connectivity index (χ0n) is 9.15. The van der Waals surface area contributed by atoms with Gasteiger partial charge in [-0.05, 0) is 18.9 Å². The van der Waals surface area contributed by atoms with Gasteiger partial charge in [-0.1, -0.05) is 30.3 Å². The molecule has 0 unspecified atom stereocenters. The molecule has 0 radical (unpaired) electrons. The molecule has 0 aromatic heterocycles. The second-order valence-corrected chi connectivity index (χ2v) is 3.81. The summed E-state index contributed by atoms with van der Waals surface area (Å²) in [6, 6.07) is 10.6. The van der Waals surface area contributed by atoms with Crippen LogP contribution in [0.15, 0.2) is 35.3 Å². The molecule has 1 aromatic carbocycles. The molecule has 80 valence electrons. The largest absolute Gasteiger partial charge is 0.481 e. The Labute approximate surface area is 91.0 Å². The molecule has 2 nitrogen and oxygen atoms in total. The molecule has 1 aliphatic rings. The van der Waals surface area contributed by atoms with Crippen LogP contribution in [0.2, 0.25) is 0 Å². The van der Waals surface area contributed by atoms with Crippen LogP contribution < -0.4 is 0 Å². The number of rotatable bonds is 2. The fraction of sp³-hybridized carbons (Fsp3) is 0.462. The third-order valence-corrected chi connectivity index (χ3v) is 2.78. The lowest BCUT2D eigenvalue weighted by Gasteiger charge is -2.21. The number of hydrogen-bond donors (Lipinski definition) is 0. The average molecular weight is 203 g/mol. The molecule has 0 bridgehead atoms. The van der Waals surface area contributed by atoms with Crippen molar-refractivity contribution in [2.24, 2.45) is 4.99 Å². The number of aliphatic imine (C=N–C) groups is 1. The molecular formula is C13H17NO. The predicted octanol–water partition coefficient (Wildman–Crippen LogP) is 3.00. The third kappa shape index (κ3) is 2.58. The summed E-state index contributed by atoms with van der Waals surface area (Å²) >= 11 is 0. The second-order valence-electron chi connectivity index (χ2n) is 3.81. The average Bonchev–Trinajstić information content (AvgIpc) is 2.32. The van der Waals surface area contributed by atoms with E-state index >= 15 is 0 Å². The van der Waals surface area contributed by atoms with E-state index in [1.807, 2.05) is 6.92 Å². The third-order valence-electron chi connectivity index (χ3n) is 2.78. The maximum atomic E-state index is 5.42. The highest BCUT2D eigenvalue weighted by Gasteiger charge is 2.17. The van der Waals surface area contributed by atoms with Crippen LogP contribution in [-0.2, 0) is 4.74 Å². The Morgan fingerprint density at radius 3 is 2.73 bits per heavy atom. The van der Waals surface area contributed by atoms with E-state index in [1.54, 1.807) is 0 Å². The minimum absolute atomic E-state index is 0.579. The summed E-state index contributed by atoms with van der Waals surface area (Å²) in [7, 11) is 0. The van der Waals surface area contributed by atoms with Gasteiger partial charge in [-0.3, -0.25) is 4.99 Å². The Bertz CT molecular complexity index is 332. The van der Waals surface area contributed by atoms with Crippen molar-refractivity contribution in [1.82, 2.24) is 0 Å². The van der Waals surface area contributed by atoms with Crippen molar-refractivity contribution in [1.29, 1.82) is 0 Å². The Balaban J connectivity index is 1.99. The smallest absolute Gasteiger partial charge is 0.183 e. The van der Waals surface area contributed by atoms with Crippen LogP contribution in [0.25, 0.3) is 0 Å². The number of ether oxygens (including phenoxy) is 1. The normalized spacial score (nSPS) is 20.9. The van der Waals surface area contributed by atoms with Gasteiger partial charge in [0, 0.05) is 18.9 Å². The summed E-state index contributed by atoms with van der Waals surface area (Å²) in [5, 5.41) is 0. The highest BCUT2D eigenvalue weighted by Crippen LogP contribution is 2.25. The van der Waals surface area contributed by atoms with Gasteiger partial charge in [0.15, 0.2) is 5.90 Å². The van der Waals surface area contributed by atoms with Crippen LogP contribution in [-0.4, -0.2) is 19.0 Å². The highest BCUT2D eigenvalue weighted by atomic mass is 16.5. The summed E-state index contributed by atoms with van der Waals surface area (Å²) in [6.07, 6.45) is 2.14. The Morgan fingerprint density at radius 2 is 2.13 bits per heavy atom. The fourth-order valence-electron chi connectivity index (χ4n) is 1.96. The van der Waals surface area contributed by atoms with Crippen LogP contribution in [0, 0.1) is 0 Å². The van der Waals surface area contributed by atoms with Crippen molar-refractivity contribution in [3.63, 3.8) is 0 Å². The van der Waals surface area contributed by atoms with Crippen molar-refractivity contribution in [2.75, 3.05) is 13.2 Å². The zero-order chi connectivity index (χ0) is 10.5. The maximum Gasteiger partial charge on any atom is 0.183 e. The van der Waals surface area contributed by atoms with Crippen LogP contribution in [0.3, 0.4) is 0 Å². The summed E-state index contributed by atoms with van der Waals surface area (Å²) in [6.45, 7) is 3.61. The van der Waals surface area contributed by atoms with Gasteiger partial charge in [-0.25, -0.2) is 0 Å². The van der Waals surface area contributed by atoms with Crippen molar-refractivity contribution < 1.29 is 4.74 Å². The quantitative estimate of drug-likeness (QED) is 0.724. The molecule has 0 aliphatic carbocycles. The van der Waals surface area contributed by atoms with Gasteiger partial charge >= 0.3 is 0 Å². The minimum atomic E-state index is 0.579. The summed E-state index contributed by atoms with van der Waals surface area (Å²) in [4.78, 5) is 4.47. The van der Waals surface area contributed by atoms with Crippen molar-refractivity contribution in [3.05, 3.63) is 35.9 Å². The lowest BCUT2D eigenvalue weighted by Crippen LogP contribution is -2.16. The molecule has 1 aromatic rings. The number of benzene rings is 1. The molecule has 2 rings (SSSR count). The van der Waals surface area contributed by atoms with Gasteiger partial charge in [0.1, 0.15) is 0 Å². The van der Waals surface area contributed by atoms with E-state index in [1.165, 1.54) is 5.56 Å². The summed E-state index contributed by atoms with van der Waals surface area (Å²) in [5.41, 5.74) is 1.40. The molecule has 2 heteroatoms. The minimum Gasteiger partial charge on any atom is -0.481 e. The van der Waals surface area contributed by atoms with E-state index in [4.69, 9.17) is 4.74 Å². The van der Waals surface area contributed by atoms with Gasteiger partial charge in [0.05, 0.1) is 6.61 Å². The van der Waals surface area contributed by atoms with Crippen LogP contribution in [0.1, 0.15) is 31.2 Å². The van der Waals surface area contributed by atoms with Crippen LogP contribution in [0.5, 0.6) is 0 Å². The number of hydrogen-bond acceptors (Lipinski definition) is 2. The maximum absolute atomic E-state index is 5.42. The Kier molecular flexibility index (Phi) is 3.38. The first-order chi connectivity index (χ1) is 7.40. The van der Waals surface area contributed by atoms with Gasteiger partial charge in [0.2, 0.25) is 0 Å². The van der Waals surface area contributed by atoms with E-state index in [0.29, 0.717) is 5.92 Å². The topological polar surface area (TPSA) is 21.6 Å². The molecule has 0 N–H and O–H groups in total. The molecule has 1 heterocycles. The zero-order valence-corrected chi connectivity index (χ0v) is 9.15. The van der Waals surface area contributed by atoms with Gasteiger partial charge < -0.3 is 4.74 Å². The van der Waals surface area contributed by atoms with Crippen LogP contribution in [0.4, 0.5) is 0 Å². The molecule has 1 atom stereocenters. The van der Waals surface area contributed by atoms with Crippen LogP contribution >= 0.6 is 0 Å². The molecule has 0 saturated heterocycles. The molecular weight excluding hydrogens is 186 g/mol. The first-order valence-electron chi connectivity index (χ1n) is 5.61. The summed E-state index contributed by atoms with van der Waals surface area (Å²) < 4.78 is 5.42. The SMILES string of the molecule is CCOC1=NC[C@H](c2ccccc2)CC1. The van der Waals surface area contributed by atoms with Crippen molar-refractivity contribution in [2.45, 2.75) is 25.7 Å². The predicted molar refractivity (Wildman–Crippen MR) is 62.3 cm³/mol. The first-order valence-corrected chi connectivity index (χ1v) is 5.61. The van der Waals surface area contributed by atoms with Gasteiger partial charge in [0.25, 0.3) is 0 Å². The molecule has 0 fully saturated rings. The Morgan fingerprint density at radius 1 is 1.33 bits per heavy atom. The molecule has 0 amide bonds. The first kappa shape index (κ1) is 10.2. The summed E-state index contributed by atoms with van der Waals surface area (Å²) in [5.74, 6) is 1.51. The van der Waals surface area contributed by atoms with E-state index < -0.39 is 0 Å². The van der Waals surface area contributed by atoms with E-state index in [2.05, 4.69) is 35.3 Å². The van der Waals surface area contributed by atoms with E-state index in [9.17, 15) is 0 Å². The fourth-order valence-corrected chi connectivity index (χ4v) is 1.96. The second kappa shape index (κ2) is 4.96. The lowest BCUT2D eigenvalue weighted by atomic mass is 9.92. The monoisotopic (exact) mass is 203 g/mol. The van der Waals surface area contributed by atoms with Crippen molar-refractivity contribution in [3.8, 4) is 0 Å². The van der Waals surface area contributed by atoms with E-state index in [-0.39, 0.29) is 0 Å². The van der Waals surface area contributed by atoms with Crippen molar-refractivity contribution >= 4 is 5.90 Å². The highest BCUT2D eigenvalue weighted by molar-refractivity contribution is 5.76. The molecule has 1 aliphatic heterocycles. The van der Waals surface area contributed by atoms with Gasteiger partial charge in [-0.2, -0.15) is 0 Å². The number of nitrogens with zero attached hydrogens (tertiary/aromatic N) is 1. The molecule has 0 saturated carbocycles. The standard InChI is InChI=1S/C13H17NO/c1-2-15-13-9-8-12(10-14-13)11-6-4-3-5-7-11/h3-7,12H,2,8-10H2,1H3/t12-/m1/s1. The molecule has 0 spiro atoms. The Hall–Kier alpha value is -1.31. The van der Waals surface area contributed by atoms with Gasteiger partial charge in [-0.15, -0.1) is 0 Å². The molecule has 15 heavy (non-hydrogen) atoms. The lowest BCUT2D eigenvalue weighted by molar-refractivity contribution is 0.307. The van der Waals surface area contributed by atoms with E-state index in [0.717, 1.165) is 31.9 Å².